The highest BCUT2D eigenvalue weighted by molar-refractivity contribution is 6.31. The molecule has 5 nitrogen and oxygen atoms in total. The quantitative estimate of drug-likeness (QED) is 0.889. The number of hydrogen-bond acceptors (Lipinski definition) is 5. The summed E-state index contributed by atoms with van der Waals surface area (Å²) in [5, 5.41) is 12.3. The summed E-state index contributed by atoms with van der Waals surface area (Å²) in [6.45, 7) is -0.113. The van der Waals surface area contributed by atoms with E-state index in [4.69, 9.17) is 16.3 Å². The number of ether oxygens (including phenoxy) is 1. The van der Waals surface area contributed by atoms with Gasteiger partial charge in [0.2, 0.25) is 11.8 Å². The normalized spacial score (nSPS) is 10.2. The van der Waals surface area contributed by atoms with Crippen LogP contribution < -0.4 is 10.1 Å². The van der Waals surface area contributed by atoms with Gasteiger partial charge in [0.1, 0.15) is 10.8 Å². The molecule has 6 heteroatoms. The predicted molar refractivity (Wildman–Crippen MR) is 69.0 cm³/mol. The molecule has 94 valence electrons. The Balaban J connectivity index is 2.33. The van der Waals surface area contributed by atoms with Gasteiger partial charge < -0.3 is 15.2 Å². The van der Waals surface area contributed by atoms with Gasteiger partial charge >= 0.3 is 0 Å². The maximum absolute atomic E-state index is 9.21. The van der Waals surface area contributed by atoms with E-state index >= 15 is 0 Å². The van der Waals surface area contributed by atoms with Crippen molar-refractivity contribution in [3.05, 3.63) is 41.0 Å². The van der Waals surface area contributed by atoms with E-state index in [-0.39, 0.29) is 12.5 Å². The molecule has 2 aromatic rings. The molecule has 1 heterocycles. The van der Waals surface area contributed by atoms with Crippen LogP contribution in [0, 0.1) is 0 Å². The van der Waals surface area contributed by atoms with Gasteiger partial charge in [-0.25, -0.2) is 4.98 Å². The van der Waals surface area contributed by atoms with Crippen molar-refractivity contribution in [1.82, 2.24) is 9.97 Å². The highest BCUT2D eigenvalue weighted by Gasteiger charge is 2.09. The molecule has 1 aromatic heterocycles. The maximum Gasteiger partial charge on any atom is 0.243 e. The Labute approximate surface area is 109 Å². The molecule has 18 heavy (non-hydrogen) atoms. The SMILES string of the molecule is CNc1ncc(Cl)c(Oc2ccccc2CO)n1. The fourth-order valence-corrected chi connectivity index (χ4v) is 1.51. The third kappa shape index (κ3) is 2.69. The van der Waals surface area contributed by atoms with Gasteiger partial charge in [-0.2, -0.15) is 4.98 Å². The summed E-state index contributed by atoms with van der Waals surface area (Å²) in [5.41, 5.74) is 0.665. The lowest BCUT2D eigenvalue weighted by Crippen LogP contribution is -1.99. The zero-order valence-electron chi connectivity index (χ0n) is 9.72. The number of rotatable bonds is 4. The standard InChI is InChI=1S/C12H12ClN3O2/c1-14-12-15-6-9(13)11(16-12)18-10-5-3-2-4-8(10)7-17/h2-6,17H,7H2,1H3,(H,14,15,16). The Morgan fingerprint density at radius 3 is 2.89 bits per heavy atom. The second-order valence-corrected chi connectivity index (χ2v) is 3.87. The molecular weight excluding hydrogens is 254 g/mol. The van der Waals surface area contributed by atoms with E-state index in [0.717, 1.165) is 0 Å². The van der Waals surface area contributed by atoms with E-state index in [9.17, 15) is 5.11 Å². The number of nitrogens with one attached hydrogen (secondary N) is 1. The van der Waals surface area contributed by atoms with E-state index in [0.29, 0.717) is 22.3 Å². The number of aliphatic hydroxyl groups excluding tert-OH is 1. The summed E-state index contributed by atoms with van der Waals surface area (Å²) in [7, 11) is 1.70. The Morgan fingerprint density at radius 1 is 1.39 bits per heavy atom. The minimum Gasteiger partial charge on any atom is -0.437 e. The highest BCUT2D eigenvalue weighted by atomic mass is 35.5. The van der Waals surface area contributed by atoms with E-state index in [1.807, 2.05) is 12.1 Å². The minimum atomic E-state index is -0.113. The highest BCUT2D eigenvalue weighted by Crippen LogP contribution is 2.29. The van der Waals surface area contributed by atoms with Gasteiger partial charge in [0, 0.05) is 12.6 Å². The van der Waals surface area contributed by atoms with Crippen LogP contribution in [-0.4, -0.2) is 22.1 Å². The molecule has 0 saturated heterocycles. The summed E-state index contributed by atoms with van der Waals surface area (Å²) in [6.07, 6.45) is 1.46. The van der Waals surface area contributed by atoms with Gasteiger partial charge in [-0.3, -0.25) is 0 Å². The zero-order chi connectivity index (χ0) is 13.0. The number of benzene rings is 1. The summed E-state index contributed by atoms with van der Waals surface area (Å²) in [6, 6.07) is 7.13. The molecule has 2 N–H and O–H groups in total. The van der Waals surface area contributed by atoms with Crippen molar-refractivity contribution in [2.75, 3.05) is 12.4 Å². The average molecular weight is 266 g/mol. The molecule has 1 aromatic carbocycles. The number of aromatic nitrogens is 2. The number of anilines is 1. The largest absolute Gasteiger partial charge is 0.437 e. The molecule has 0 aliphatic heterocycles. The van der Waals surface area contributed by atoms with Crippen LogP contribution in [0.2, 0.25) is 5.02 Å². The van der Waals surface area contributed by atoms with Crippen molar-refractivity contribution in [1.29, 1.82) is 0 Å². The van der Waals surface area contributed by atoms with Crippen LogP contribution >= 0.6 is 11.6 Å². The Kier molecular flexibility index (Phi) is 3.96. The molecule has 2 rings (SSSR count). The first-order valence-corrected chi connectivity index (χ1v) is 5.69. The van der Waals surface area contributed by atoms with Crippen LogP contribution in [0.1, 0.15) is 5.56 Å². The average Bonchev–Trinajstić information content (AvgIpc) is 2.42. The van der Waals surface area contributed by atoms with Crippen molar-refractivity contribution in [3.8, 4) is 11.6 Å². The van der Waals surface area contributed by atoms with E-state index in [1.165, 1.54) is 6.20 Å². The Hall–Kier alpha value is -1.85. The van der Waals surface area contributed by atoms with Gasteiger partial charge in [-0.1, -0.05) is 29.8 Å². The molecule has 0 spiro atoms. The van der Waals surface area contributed by atoms with E-state index < -0.39 is 0 Å². The topological polar surface area (TPSA) is 67.3 Å². The van der Waals surface area contributed by atoms with Crippen molar-refractivity contribution in [2.24, 2.45) is 0 Å². The van der Waals surface area contributed by atoms with Crippen LogP contribution in [0.5, 0.6) is 11.6 Å². The van der Waals surface area contributed by atoms with Gasteiger partial charge in [0.25, 0.3) is 0 Å². The number of para-hydroxylation sites is 1. The number of nitrogens with zero attached hydrogens (tertiary/aromatic N) is 2. The van der Waals surface area contributed by atoms with Gasteiger partial charge in [0.15, 0.2) is 0 Å². The van der Waals surface area contributed by atoms with Crippen LogP contribution in [-0.2, 0) is 6.61 Å². The lowest BCUT2D eigenvalue weighted by Gasteiger charge is -2.10. The molecule has 0 unspecified atom stereocenters. The van der Waals surface area contributed by atoms with Crippen molar-refractivity contribution in [2.45, 2.75) is 6.61 Å². The lowest BCUT2D eigenvalue weighted by atomic mass is 10.2. The first-order valence-electron chi connectivity index (χ1n) is 5.31. The third-order valence-corrected chi connectivity index (χ3v) is 2.54. The molecule has 0 radical (unpaired) electrons. The molecule has 0 saturated carbocycles. The molecule has 0 aliphatic rings. The second kappa shape index (κ2) is 5.66. The van der Waals surface area contributed by atoms with Crippen molar-refractivity contribution >= 4 is 17.5 Å². The molecule has 0 aliphatic carbocycles. The predicted octanol–water partition coefficient (Wildman–Crippen LogP) is 2.46. The molecule has 0 amide bonds. The minimum absolute atomic E-state index is 0.113. The third-order valence-electron chi connectivity index (χ3n) is 2.29. The number of aliphatic hydroxyl groups is 1. The molecule has 0 atom stereocenters. The van der Waals surface area contributed by atoms with Gasteiger partial charge in [-0.05, 0) is 6.07 Å². The van der Waals surface area contributed by atoms with E-state index in [2.05, 4.69) is 15.3 Å². The van der Waals surface area contributed by atoms with Crippen LogP contribution in [0.3, 0.4) is 0 Å². The lowest BCUT2D eigenvalue weighted by molar-refractivity contribution is 0.276. The summed E-state index contributed by atoms with van der Waals surface area (Å²) in [4.78, 5) is 8.06. The van der Waals surface area contributed by atoms with Crippen molar-refractivity contribution in [3.63, 3.8) is 0 Å². The van der Waals surface area contributed by atoms with Crippen LogP contribution in [0.15, 0.2) is 30.5 Å². The first kappa shape index (κ1) is 12.6. The van der Waals surface area contributed by atoms with Crippen LogP contribution in [0.4, 0.5) is 5.95 Å². The fourth-order valence-electron chi connectivity index (χ4n) is 1.38. The summed E-state index contributed by atoms with van der Waals surface area (Å²) < 4.78 is 5.59. The Morgan fingerprint density at radius 2 is 2.17 bits per heavy atom. The summed E-state index contributed by atoms with van der Waals surface area (Å²) >= 11 is 5.96. The number of halogens is 1. The molecule has 0 bridgehead atoms. The number of hydrogen-bond donors (Lipinski definition) is 2. The molecular formula is C12H12ClN3O2. The zero-order valence-corrected chi connectivity index (χ0v) is 10.5. The van der Waals surface area contributed by atoms with Gasteiger partial charge in [-0.15, -0.1) is 0 Å². The summed E-state index contributed by atoms with van der Waals surface area (Å²) in [5.74, 6) is 1.18. The van der Waals surface area contributed by atoms with E-state index in [1.54, 1.807) is 19.2 Å². The Bertz CT molecular complexity index is 549. The van der Waals surface area contributed by atoms with Gasteiger partial charge in [0.05, 0.1) is 12.8 Å². The molecule has 0 fully saturated rings. The second-order valence-electron chi connectivity index (χ2n) is 3.46. The monoisotopic (exact) mass is 265 g/mol. The van der Waals surface area contributed by atoms with Crippen molar-refractivity contribution < 1.29 is 9.84 Å². The first-order chi connectivity index (χ1) is 8.74. The smallest absolute Gasteiger partial charge is 0.243 e. The maximum atomic E-state index is 9.21. The fraction of sp³-hybridized carbons (Fsp3) is 0.167. The van der Waals surface area contributed by atoms with Crippen LogP contribution in [0.25, 0.3) is 0 Å².